The van der Waals surface area contributed by atoms with Crippen molar-refractivity contribution in [1.29, 1.82) is 0 Å². The topological polar surface area (TPSA) is 79.0 Å². The molecule has 1 spiro atoms. The van der Waals surface area contributed by atoms with E-state index in [2.05, 4.69) is 24.1 Å². The Morgan fingerprint density at radius 1 is 1.15 bits per heavy atom. The number of carbonyl (C=O) groups excluding carboxylic acids is 3. The van der Waals surface area contributed by atoms with Gasteiger partial charge in [0.2, 0.25) is 0 Å². The first-order chi connectivity index (χ1) is 12.8. The second-order valence-corrected chi connectivity index (χ2v) is 8.75. The molecule has 1 atom stereocenters. The van der Waals surface area contributed by atoms with Gasteiger partial charge in [0.25, 0.3) is 5.91 Å². The van der Waals surface area contributed by atoms with Crippen LogP contribution in [-0.4, -0.2) is 65.0 Å². The van der Waals surface area contributed by atoms with Crippen molar-refractivity contribution in [1.82, 2.24) is 15.1 Å². The lowest BCUT2D eigenvalue weighted by Crippen LogP contribution is -2.55. The predicted molar refractivity (Wildman–Crippen MR) is 101 cm³/mol. The fourth-order valence-electron chi connectivity index (χ4n) is 4.52. The number of rotatable bonds is 5. The maximum atomic E-state index is 13.1. The number of nitrogens with one attached hydrogen (secondary N) is 1. The molecule has 0 radical (unpaired) electrons. The van der Waals surface area contributed by atoms with Crippen LogP contribution in [0.5, 0.6) is 0 Å². The number of nitrogens with zero attached hydrogens (tertiary/aromatic N) is 2. The van der Waals surface area contributed by atoms with Crippen molar-refractivity contribution in [3.63, 3.8) is 0 Å². The van der Waals surface area contributed by atoms with Crippen molar-refractivity contribution < 1.29 is 19.1 Å². The Kier molecular flexibility index (Phi) is 6.08. The van der Waals surface area contributed by atoms with Crippen LogP contribution in [0.15, 0.2) is 0 Å². The summed E-state index contributed by atoms with van der Waals surface area (Å²) >= 11 is 0. The summed E-state index contributed by atoms with van der Waals surface area (Å²) in [5.74, 6) is -0.177. The summed E-state index contributed by atoms with van der Waals surface area (Å²) in [6.07, 6.45) is 6.13. The number of esters is 1. The van der Waals surface area contributed by atoms with Crippen LogP contribution in [0.4, 0.5) is 4.79 Å². The number of amides is 3. The maximum Gasteiger partial charge on any atom is 0.329 e. The first kappa shape index (κ1) is 20.1. The van der Waals surface area contributed by atoms with Crippen LogP contribution in [0.25, 0.3) is 0 Å². The third kappa shape index (κ3) is 4.28. The van der Waals surface area contributed by atoms with Crippen LogP contribution in [-0.2, 0) is 14.3 Å². The van der Waals surface area contributed by atoms with E-state index in [1.807, 2.05) is 0 Å². The molecule has 1 N–H and O–H groups in total. The third-order valence-electron chi connectivity index (χ3n) is 6.09. The Bertz CT molecular complexity index is 578. The van der Waals surface area contributed by atoms with Gasteiger partial charge in [0, 0.05) is 19.6 Å². The minimum absolute atomic E-state index is 0.0808. The molecule has 1 unspecified atom stereocenters. The molecule has 27 heavy (non-hydrogen) atoms. The van der Waals surface area contributed by atoms with Crippen LogP contribution in [0.3, 0.4) is 0 Å². The molecular formula is C20H33N3O4. The molecule has 0 aromatic rings. The number of imide groups is 1. The highest BCUT2D eigenvalue weighted by molar-refractivity contribution is 6.09. The number of hydrogen-bond acceptors (Lipinski definition) is 5. The Morgan fingerprint density at radius 3 is 2.37 bits per heavy atom. The molecule has 1 aliphatic carbocycles. The molecule has 2 aliphatic heterocycles. The lowest BCUT2D eigenvalue weighted by atomic mass is 9.87. The number of ether oxygens (including phenoxy) is 1. The Morgan fingerprint density at radius 2 is 1.78 bits per heavy atom. The zero-order chi connectivity index (χ0) is 19.6. The molecule has 3 aliphatic rings. The third-order valence-corrected chi connectivity index (χ3v) is 6.09. The van der Waals surface area contributed by atoms with Crippen LogP contribution in [0.2, 0.25) is 0 Å². The lowest BCUT2D eigenvalue weighted by Gasteiger charge is -2.38. The summed E-state index contributed by atoms with van der Waals surface area (Å²) < 4.78 is 5.58. The zero-order valence-electron chi connectivity index (χ0n) is 16.8. The maximum absolute atomic E-state index is 13.1. The van der Waals surface area contributed by atoms with Crippen LogP contribution in [0, 0.1) is 5.92 Å². The summed E-state index contributed by atoms with van der Waals surface area (Å²) in [7, 11) is 0. The van der Waals surface area contributed by atoms with Crippen molar-refractivity contribution in [2.45, 2.75) is 83.4 Å². The summed E-state index contributed by atoms with van der Waals surface area (Å²) in [6, 6.07) is -1.35. The van der Waals surface area contributed by atoms with Crippen LogP contribution < -0.4 is 5.32 Å². The monoisotopic (exact) mass is 379 g/mol. The molecule has 7 heteroatoms. The van der Waals surface area contributed by atoms with Gasteiger partial charge in [0.1, 0.15) is 17.7 Å². The first-order valence-electron chi connectivity index (χ1n) is 10.4. The number of carbonyl (C=O) groups is 3. The highest BCUT2D eigenvalue weighted by Gasteiger charge is 2.54. The van der Waals surface area contributed by atoms with Gasteiger partial charge in [0.05, 0.1) is 0 Å². The lowest BCUT2D eigenvalue weighted by molar-refractivity contribution is -0.158. The number of piperidine rings is 1. The molecule has 0 bridgehead atoms. The fourth-order valence-corrected chi connectivity index (χ4v) is 4.52. The average molecular weight is 380 g/mol. The molecule has 2 heterocycles. The summed E-state index contributed by atoms with van der Waals surface area (Å²) in [6.45, 7) is 8.49. The van der Waals surface area contributed by atoms with Gasteiger partial charge in [-0.1, -0.05) is 20.3 Å². The highest BCUT2D eigenvalue weighted by atomic mass is 16.5. The SMILES string of the molecule is CC(C)CN1CCC2(CC1)NC(=O)N(C(C)C(=O)OC1CCCCC1)C2=O. The summed E-state index contributed by atoms with van der Waals surface area (Å²) in [5, 5.41) is 2.89. The molecule has 3 fully saturated rings. The van der Waals surface area contributed by atoms with Gasteiger partial charge in [-0.2, -0.15) is 0 Å². The van der Waals surface area contributed by atoms with Gasteiger partial charge in [-0.25, -0.2) is 14.5 Å². The molecule has 152 valence electrons. The van der Waals surface area contributed by atoms with E-state index in [1.54, 1.807) is 6.92 Å². The van der Waals surface area contributed by atoms with E-state index in [1.165, 1.54) is 6.42 Å². The first-order valence-corrected chi connectivity index (χ1v) is 10.4. The Hall–Kier alpha value is -1.63. The van der Waals surface area contributed by atoms with E-state index in [4.69, 9.17) is 4.74 Å². The second kappa shape index (κ2) is 8.17. The number of hydrogen-bond donors (Lipinski definition) is 1. The second-order valence-electron chi connectivity index (χ2n) is 8.75. The molecule has 1 saturated carbocycles. The molecule has 0 aromatic heterocycles. The van der Waals surface area contributed by atoms with E-state index >= 15 is 0 Å². The van der Waals surface area contributed by atoms with Crippen molar-refractivity contribution in [2.24, 2.45) is 5.92 Å². The summed E-state index contributed by atoms with van der Waals surface area (Å²) in [4.78, 5) is 41.6. The Labute approximate surface area is 161 Å². The van der Waals surface area contributed by atoms with Gasteiger partial charge < -0.3 is 15.0 Å². The van der Waals surface area contributed by atoms with Gasteiger partial charge in [-0.05, 0) is 51.4 Å². The average Bonchev–Trinajstić information content (AvgIpc) is 2.87. The standard InChI is InChI=1S/C20H33N3O4/c1-14(2)13-22-11-9-20(10-12-22)18(25)23(19(26)21-20)15(3)17(24)27-16-7-5-4-6-8-16/h14-16H,4-13H2,1-3H3,(H,21,26). The van der Waals surface area contributed by atoms with E-state index in [0.29, 0.717) is 18.8 Å². The zero-order valence-corrected chi connectivity index (χ0v) is 16.8. The van der Waals surface area contributed by atoms with Crippen LogP contribution >= 0.6 is 0 Å². The highest BCUT2D eigenvalue weighted by Crippen LogP contribution is 2.31. The van der Waals surface area contributed by atoms with Crippen molar-refractivity contribution in [3.05, 3.63) is 0 Å². The minimum atomic E-state index is -0.882. The molecule has 7 nitrogen and oxygen atoms in total. The Balaban J connectivity index is 1.61. The van der Waals surface area contributed by atoms with Gasteiger partial charge in [-0.15, -0.1) is 0 Å². The predicted octanol–water partition coefficient (Wildman–Crippen LogP) is 2.29. The van der Waals surface area contributed by atoms with Crippen molar-refractivity contribution >= 4 is 17.9 Å². The van der Waals surface area contributed by atoms with E-state index in [-0.39, 0.29) is 12.0 Å². The minimum Gasteiger partial charge on any atom is -0.461 e. The van der Waals surface area contributed by atoms with E-state index in [9.17, 15) is 14.4 Å². The van der Waals surface area contributed by atoms with Gasteiger partial charge in [0.15, 0.2) is 0 Å². The quantitative estimate of drug-likeness (QED) is 0.586. The smallest absolute Gasteiger partial charge is 0.329 e. The summed E-state index contributed by atoms with van der Waals surface area (Å²) in [5.41, 5.74) is -0.857. The molecular weight excluding hydrogens is 346 g/mol. The number of likely N-dealkylation sites (tertiary alicyclic amines) is 1. The van der Waals surface area contributed by atoms with Crippen molar-refractivity contribution in [2.75, 3.05) is 19.6 Å². The largest absolute Gasteiger partial charge is 0.461 e. The molecule has 3 amide bonds. The van der Waals surface area contributed by atoms with Gasteiger partial charge in [-0.3, -0.25) is 4.79 Å². The van der Waals surface area contributed by atoms with Crippen LogP contribution in [0.1, 0.15) is 65.7 Å². The number of urea groups is 1. The van der Waals surface area contributed by atoms with E-state index < -0.39 is 23.6 Å². The normalized spacial score (nSPS) is 25.1. The molecule has 2 saturated heterocycles. The van der Waals surface area contributed by atoms with Gasteiger partial charge >= 0.3 is 12.0 Å². The molecule has 0 aromatic carbocycles. The van der Waals surface area contributed by atoms with Crippen molar-refractivity contribution in [3.8, 4) is 0 Å². The fraction of sp³-hybridized carbons (Fsp3) is 0.850. The van der Waals surface area contributed by atoms with E-state index in [0.717, 1.165) is 50.2 Å². The molecule has 3 rings (SSSR count).